The third-order valence-corrected chi connectivity index (χ3v) is 4.13. The normalized spacial score (nSPS) is 23.1. The van der Waals surface area contributed by atoms with Crippen LogP contribution in [0.25, 0.3) is 0 Å². The van der Waals surface area contributed by atoms with Crippen molar-refractivity contribution in [1.29, 1.82) is 0 Å². The van der Waals surface area contributed by atoms with E-state index in [0.29, 0.717) is 18.3 Å². The highest BCUT2D eigenvalue weighted by molar-refractivity contribution is 5.78. The van der Waals surface area contributed by atoms with E-state index in [1.54, 1.807) is 0 Å². The van der Waals surface area contributed by atoms with Gasteiger partial charge >= 0.3 is 5.97 Å². The lowest BCUT2D eigenvalue weighted by molar-refractivity contribution is -0.139. The Balaban J connectivity index is 2.25. The zero-order chi connectivity index (χ0) is 14.7. The minimum absolute atomic E-state index is 0.313. The van der Waals surface area contributed by atoms with Crippen molar-refractivity contribution < 1.29 is 9.90 Å². The van der Waals surface area contributed by atoms with Crippen molar-refractivity contribution in [3.8, 4) is 0 Å². The fraction of sp³-hybridized carbons (Fsp3) is 0.667. The summed E-state index contributed by atoms with van der Waals surface area (Å²) in [7, 11) is 0. The summed E-state index contributed by atoms with van der Waals surface area (Å²) < 4.78 is 0. The number of carbonyl (C=O) groups is 1. The quantitative estimate of drug-likeness (QED) is 0.916. The molecule has 1 aromatic heterocycles. The van der Waals surface area contributed by atoms with Crippen LogP contribution in [0.4, 0.5) is 5.82 Å². The molecular weight excluding hydrogens is 254 g/mol. The van der Waals surface area contributed by atoms with Crippen molar-refractivity contribution in [2.75, 3.05) is 11.4 Å². The number of carboxylic acid groups (broad SMARTS) is 1. The molecule has 1 aromatic rings. The molecule has 1 fully saturated rings. The van der Waals surface area contributed by atoms with Gasteiger partial charge in [0.2, 0.25) is 0 Å². The van der Waals surface area contributed by atoms with E-state index < -0.39 is 12.0 Å². The van der Waals surface area contributed by atoms with Crippen LogP contribution in [0, 0.1) is 5.92 Å². The molecule has 5 nitrogen and oxygen atoms in total. The molecule has 20 heavy (non-hydrogen) atoms. The Kier molecular flexibility index (Phi) is 4.57. The summed E-state index contributed by atoms with van der Waals surface area (Å²) >= 11 is 0. The van der Waals surface area contributed by atoms with E-state index in [1.165, 1.54) is 6.33 Å². The van der Waals surface area contributed by atoms with Gasteiger partial charge in [0.15, 0.2) is 0 Å². The molecule has 110 valence electrons. The number of aliphatic carboxylic acids is 1. The average molecular weight is 277 g/mol. The molecule has 5 heteroatoms. The maximum Gasteiger partial charge on any atom is 0.326 e. The Morgan fingerprint density at radius 1 is 1.50 bits per heavy atom. The molecule has 1 N–H and O–H groups in total. The van der Waals surface area contributed by atoms with Gasteiger partial charge < -0.3 is 10.0 Å². The first-order valence-corrected chi connectivity index (χ1v) is 7.34. The third-order valence-electron chi connectivity index (χ3n) is 4.13. The number of carboxylic acids is 1. The standard InChI is InChI=1S/C15H23N3O2/c1-4-11-5-6-18(13(7-11)15(19)20)14-8-12(10(2)3)16-9-17-14/h8-11,13H,4-7H2,1-3H3,(H,19,20). The lowest BCUT2D eigenvalue weighted by atomic mass is 9.89. The van der Waals surface area contributed by atoms with Gasteiger partial charge in [0.05, 0.1) is 0 Å². The average Bonchev–Trinajstić information content (AvgIpc) is 2.46. The molecule has 0 spiro atoms. The second-order valence-corrected chi connectivity index (χ2v) is 5.80. The summed E-state index contributed by atoms with van der Waals surface area (Å²) in [5.74, 6) is 0.797. The van der Waals surface area contributed by atoms with Gasteiger partial charge in [-0.15, -0.1) is 0 Å². The number of hydrogen-bond acceptors (Lipinski definition) is 4. The molecule has 0 bridgehead atoms. The van der Waals surface area contributed by atoms with E-state index in [9.17, 15) is 9.90 Å². The topological polar surface area (TPSA) is 66.3 Å². The van der Waals surface area contributed by atoms with Crippen LogP contribution in [0.15, 0.2) is 12.4 Å². The molecule has 0 radical (unpaired) electrons. The maximum atomic E-state index is 11.5. The number of nitrogens with zero attached hydrogens (tertiary/aromatic N) is 3. The number of hydrogen-bond donors (Lipinski definition) is 1. The fourth-order valence-corrected chi connectivity index (χ4v) is 2.75. The van der Waals surface area contributed by atoms with Crippen molar-refractivity contribution in [3.05, 3.63) is 18.1 Å². The van der Waals surface area contributed by atoms with Crippen LogP contribution in [0.3, 0.4) is 0 Å². The van der Waals surface area contributed by atoms with Gasteiger partial charge in [-0.1, -0.05) is 27.2 Å². The third kappa shape index (κ3) is 3.08. The van der Waals surface area contributed by atoms with E-state index >= 15 is 0 Å². The van der Waals surface area contributed by atoms with Crippen LogP contribution in [0.1, 0.15) is 51.6 Å². The van der Waals surface area contributed by atoms with Gasteiger partial charge in [-0.25, -0.2) is 14.8 Å². The molecule has 2 atom stereocenters. The monoisotopic (exact) mass is 277 g/mol. The zero-order valence-electron chi connectivity index (χ0n) is 12.4. The summed E-state index contributed by atoms with van der Waals surface area (Å²) in [6.07, 6.45) is 4.31. The first-order chi connectivity index (χ1) is 9.52. The van der Waals surface area contributed by atoms with Gasteiger partial charge in [-0.05, 0) is 24.7 Å². The molecule has 1 aliphatic heterocycles. The van der Waals surface area contributed by atoms with E-state index in [1.807, 2.05) is 11.0 Å². The van der Waals surface area contributed by atoms with E-state index in [2.05, 4.69) is 30.7 Å². The lowest BCUT2D eigenvalue weighted by Crippen LogP contribution is -2.47. The molecule has 0 saturated carbocycles. The molecule has 2 unspecified atom stereocenters. The predicted octanol–water partition coefficient (Wildman–Crippen LogP) is 2.68. The van der Waals surface area contributed by atoms with Gasteiger partial charge in [0.25, 0.3) is 0 Å². The van der Waals surface area contributed by atoms with Crippen LogP contribution in [-0.4, -0.2) is 33.6 Å². The highest BCUT2D eigenvalue weighted by atomic mass is 16.4. The van der Waals surface area contributed by atoms with E-state index in [0.717, 1.165) is 30.9 Å². The van der Waals surface area contributed by atoms with Crippen molar-refractivity contribution in [2.45, 2.75) is 52.0 Å². The summed E-state index contributed by atoms with van der Waals surface area (Å²) in [5, 5.41) is 9.48. The van der Waals surface area contributed by atoms with Crippen molar-refractivity contribution in [3.63, 3.8) is 0 Å². The summed E-state index contributed by atoms with van der Waals surface area (Å²) in [5.41, 5.74) is 0.955. The lowest BCUT2D eigenvalue weighted by Gasteiger charge is -2.37. The van der Waals surface area contributed by atoms with Crippen molar-refractivity contribution in [1.82, 2.24) is 9.97 Å². The van der Waals surface area contributed by atoms with Gasteiger partial charge in [0, 0.05) is 18.3 Å². The molecule has 1 saturated heterocycles. The van der Waals surface area contributed by atoms with E-state index in [4.69, 9.17) is 0 Å². The second-order valence-electron chi connectivity index (χ2n) is 5.80. The largest absolute Gasteiger partial charge is 0.480 e. The summed E-state index contributed by atoms with van der Waals surface area (Å²) in [6.45, 7) is 7.03. The number of piperidine rings is 1. The van der Waals surface area contributed by atoms with Crippen molar-refractivity contribution >= 4 is 11.8 Å². The van der Waals surface area contributed by atoms with Crippen molar-refractivity contribution in [2.24, 2.45) is 5.92 Å². The van der Waals surface area contributed by atoms with Crippen LogP contribution < -0.4 is 4.90 Å². The molecule has 0 aliphatic carbocycles. The maximum absolute atomic E-state index is 11.5. The Hall–Kier alpha value is -1.65. The number of aromatic nitrogens is 2. The van der Waals surface area contributed by atoms with Gasteiger partial charge in [-0.3, -0.25) is 0 Å². The van der Waals surface area contributed by atoms with Crippen LogP contribution in [0.5, 0.6) is 0 Å². The molecule has 2 rings (SSSR count). The van der Waals surface area contributed by atoms with Gasteiger partial charge in [-0.2, -0.15) is 0 Å². The number of rotatable bonds is 4. The Morgan fingerprint density at radius 3 is 2.85 bits per heavy atom. The van der Waals surface area contributed by atoms with Crippen LogP contribution in [0.2, 0.25) is 0 Å². The highest BCUT2D eigenvalue weighted by Gasteiger charge is 2.33. The van der Waals surface area contributed by atoms with Crippen LogP contribution >= 0.6 is 0 Å². The smallest absolute Gasteiger partial charge is 0.326 e. The predicted molar refractivity (Wildman–Crippen MR) is 77.9 cm³/mol. The second kappa shape index (κ2) is 6.20. The molecular formula is C15H23N3O2. The molecule has 0 aromatic carbocycles. The first-order valence-electron chi connectivity index (χ1n) is 7.34. The fourth-order valence-electron chi connectivity index (χ4n) is 2.75. The zero-order valence-corrected chi connectivity index (χ0v) is 12.4. The van der Waals surface area contributed by atoms with E-state index in [-0.39, 0.29) is 0 Å². The van der Waals surface area contributed by atoms with Gasteiger partial charge in [0.1, 0.15) is 18.2 Å². The van der Waals surface area contributed by atoms with Crippen LogP contribution in [-0.2, 0) is 4.79 Å². The molecule has 1 aliphatic rings. The Labute approximate surface area is 120 Å². The summed E-state index contributed by atoms with van der Waals surface area (Å²) in [6, 6.07) is 1.45. The minimum Gasteiger partial charge on any atom is -0.480 e. The number of anilines is 1. The highest BCUT2D eigenvalue weighted by Crippen LogP contribution is 2.29. The Morgan fingerprint density at radius 2 is 2.25 bits per heavy atom. The minimum atomic E-state index is -0.757. The first kappa shape index (κ1) is 14.8. The summed E-state index contributed by atoms with van der Waals surface area (Å²) in [4.78, 5) is 22.0. The SMILES string of the molecule is CCC1CCN(c2cc(C(C)C)ncn2)C(C(=O)O)C1. The molecule has 2 heterocycles. The molecule has 0 amide bonds. The Bertz CT molecular complexity index is 476.